The molecule has 2 heterocycles. The van der Waals surface area contributed by atoms with Gasteiger partial charge in [0.05, 0.1) is 10.7 Å². The zero-order chi connectivity index (χ0) is 10.8. The Bertz CT molecular complexity index is 519. The summed E-state index contributed by atoms with van der Waals surface area (Å²) in [6, 6.07) is 3.67. The second-order valence-corrected chi connectivity index (χ2v) is 4.19. The van der Waals surface area contributed by atoms with Gasteiger partial charge in [0.25, 0.3) is 0 Å². The first kappa shape index (κ1) is 10.6. The van der Waals surface area contributed by atoms with Crippen LogP contribution in [0.15, 0.2) is 27.3 Å². The number of hydrogen-bond donors (Lipinski definition) is 1. The predicted octanol–water partition coefficient (Wildman–Crippen LogP) is 3.72. The Morgan fingerprint density at radius 2 is 2.40 bits per heavy atom. The zero-order valence-electron chi connectivity index (χ0n) is 8.08. The molecule has 0 saturated carbocycles. The van der Waals surface area contributed by atoms with E-state index in [0.717, 1.165) is 16.6 Å². The largest absolute Gasteiger partial charge is 0.461 e. The van der Waals surface area contributed by atoms with E-state index < -0.39 is 0 Å². The molecule has 5 heteroatoms. The maximum Gasteiger partial charge on any atom is 0.175 e. The topological polar surface area (TPSA) is 41.8 Å². The Morgan fingerprint density at radius 3 is 3.00 bits per heavy atom. The molecule has 0 radical (unpaired) electrons. The predicted molar refractivity (Wildman–Crippen MR) is 64.2 cm³/mol. The number of rotatable bonds is 2. The number of hydrogen-bond acceptors (Lipinski definition) is 3. The van der Waals surface area contributed by atoms with Gasteiger partial charge in [0, 0.05) is 5.69 Å². The van der Waals surface area contributed by atoms with Crippen molar-refractivity contribution >= 4 is 28.1 Å². The highest BCUT2D eigenvalue weighted by Crippen LogP contribution is 2.21. The number of halogens is 1. The molecule has 0 aliphatic rings. The van der Waals surface area contributed by atoms with Crippen LogP contribution in [0.5, 0.6) is 0 Å². The van der Waals surface area contributed by atoms with Gasteiger partial charge in [-0.25, -0.2) is 4.98 Å². The van der Waals surface area contributed by atoms with Crippen molar-refractivity contribution in [3.05, 3.63) is 33.2 Å². The molecule has 0 spiro atoms. The molecule has 1 N–H and O–H groups in total. The molecule has 3 nitrogen and oxygen atoms in total. The van der Waals surface area contributed by atoms with Crippen molar-refractivity contribution in [2.75, 3.05) is 0 Å². The lowest BCUT2D eigenvalue weighted by atomic mass is 10.3. The second-order valence-electron chi connectivity index (χ2n) is 3.01. The van der Waals surface area contributed by atoms with Crippen molar-refractivity contribution in [2.45, 2.75) is 13.3 Å². The first-order chi connectivity index (χ1) is 7.22. The third-order valence-electron chi connectivity index (χ3n) is 2.04. The fourth-order valence-electron chi connectivity index (χ4n) is 1.28. The maximum atomic E-state index is 5.26. The molecule has 0 amide bonds. The lowest BCUT2D eigenvalue weighted by Crippen LogP contribution is -1.96. The second kappa shape index (κ2) is 4.28. The van der Waals surface area contributed by atoms with E-state index in [1.807, 2.05) is 12.1 Å². The monoisotopic (exact) mass is 284 g/mol. The van der Waals surface area contributed by atoms with Gasteiger partial charge in [-0.15, -0.1) is 0 Å². The fourth-order valence-corrected chi connectivity index (χ4v) is 1.96. The Hall–Kier alpha value is -0.940. The van der Waals surface area contributed by atoms with Gasteiger partial charge in [0.1, 0.15) is 4.64 Å². The number of aryl methyl sites for hydroxylation is 1. The van der Waals surface area contributed by atoms with E-state index in [1.165, 1.54) is 0 Å². The lowest BCUT2D eigenvalue weighted by molar-refractivity contribution is 0.576. The van der Waals surface area contributed by atoms with Crippen LogP contribution in [0, 0.1) is 4.64 Å². The van der Waals surface area contributed by atoms with Crippen molar-refractivity contribution < 1.29 is 4.42 Å². The minimum absolute atomic E-state index is 0.553. The van der Waals surface area contributed by atoms with Gasteiger partial charge >= 0.3 is 0 Å². The van der Waals surface area contributed by atoms with Gasteiger partial charge in [0.15, 0.2) is 11.6 Å². The quantitative estimate of drug-likeness (QED) is 0.855. The van der Waals surface area contributed by atoms with Crippen molar-refractivity contribution in [2.24, 2.45) is 0 Å². The number of aromatic nitrogens is 2. The van der Waals surface area contributed by atoms with Crippen LogP contribution in [0.4, 0.5) is 0 Å². The van der Waals surface area contributed by atoms with E-state index in [0.29, 0.717) is 16.2 Å². The molecule has 0 fully saturated rings. The minimum Gasteiger partial charge on any atom is -0.461 e. The van der Waals surface area contributed by atoms with Crippen molar-refractivity contribution in [3.8, 4) is 11.6 Å². The van der Waals surface area contributed by atoms with Crippen molar-refractivity contribution in [1.29, 1.82) is 0 Å². The average Bonchev–Trinajstić information content (AvgIpc) is 2.75. The summed E-state index contributed by atoms with van der Waals surface area (Å²) >= 11 is 8.56. The third-order valence-corrected chi connectivity index (χ3v) is 3.46. The minimum atomic E-state index is 0.553. The highest BCUT2D eigenvalue weighted by Gasteiger charge is 2.07. The molecule has 0 unspecified atom stereocenters. The average molecular weight is 285 g/mol. The van der Waals surface area contributed by atoms with Crippen LogP contribution in [-0.2, 0) is 6.42 Å². The van der Waals surface area contributed by atoms with E-state index in [4.69, 9.17) is 16.6 Å². The Kier molecular flexibility index (Phi) is 3.02. The van der Waals surface area contributed by atoms with Crippen LogP contribution < -0.4 is 0 Å². The number of H-pyrrole nitrogens is 1. The first-order valence-corrected chi connectivity index (χ1v) is 5.75. The van der Waals surface area contributed by atoms with Crippen LogP contribution in [0.1, 0.15) is 12.6 Å². The molecule has 0 aromatic carbocycles. The first-order valence-electron chi connectivity index (χ1n) is 4.55. The Morgan fingerprint density at radius 1 is 1.60 bits per heavy atom. The number of nitrogens with one attached hydrogen (secondary N) is 1. The Labute approximate surface area is 101 Å². The smallest absolute Gasteiger partial charge is 0.175 e. The molecule has 2 aromatic heterocycles. The summed E-state index contributed by atoms with van der Waals surface area (Å²) in [5.74, 6) is 1.37. The van der Waals surface area contributed by atoms with Gasteiger partial charge < -0.3 is 9.40 Å². The fraction of sp³-hybridized carbons (Fsp3) is 0.200. The van der Waals surface area contributed by atoms with Gasteiger partial charge in [-0.3, -0.25) is 0 Å². The van der Waals surface area contributed by atoms with Gasteiger partial charge in [-0.2, -0.15) is 0 Å². The summed E-state index contributed by atoms with van der Waals surface area (Å²) in [6.07, 6.45) is 2.47. The van der Waals surface area contributed by atoms with Crippen LogP contribution >= 0.6 is 28.1 Å². The van der Waals surface area contributed by atoms with Gasteiger partial charge in [0.2, 0.25) is 0 Å². The highest BCUT2D eigenvalue weighted by molar-refractivity contribution is 9.10. The van der Waals surface area contributed by atoms with Gasteiger partial charge in [-0.1, -0.05) is 19.1 Å². The van der Waals surface area contributed by atoms with E-state index in [2.05, 4.69) is 32.8 Å². The van der Waals surface area contributed by atoms with E-state index in [9.17, 15) is 0 Å². The molecular weight excluding hydrogens is 276 g/mol. The summed E-state index contributed by atoms with van der Waals surface area (Å²) < 4.78 is 6.67. The molecule has 2 aromatic rings. The molecule has 78 valence electrons. The molecule has 15 heavy (non-hydrogen) atoms. The summed E-state index contributed by atoms with van der Waals surface area (Å²) in [6.45, 7) is 2.05. The number of nitrogens with zero attached hydrogens (tertiary/aromatic N) is 1. The standard InChI is InChI=1S/C10H9BrN2OS/c1-2-6-8(11)10(15)13-9(12-6)7-4-3-5-14-7/h3-5H,2H2,1H3,(H,12,13,15). The molecule has 0 bridgehead atoms. The van der Waals surface area contributed by atoms with E-state index in [-0.39, 0.29) is 0 Å². The van der Waals surface area contributed by atoms with Crippen molar-refractivity contribution in [1.82, 2.24) is 9.97 Å². The summed E-state index contributed by atoms with van der Waals surface area (Å²) in [4.78, 5) is 7.43. The summed E-state index contributed by atoms with van der Waals surface area (Å²) in [5.41, 5.74) is 1.03. The van der Waals surface area contributed by atoms with Crippen LogP contribution in [0.2, 0.25) is 0 Å². The SMILES string of the molecule is CCc1[nH]c(-c2ccco2)nc(=S)c1Br. The van der Waals surface area contributed by atoms with E-state index in [1.54, 1.807) is 6.26 Å². The Balaban J connectivity index is 2.61. The zero-order valence-corrected chi connectivity index (χ0v) is 10.5. The normalized spacial score (nSPS) is 10.5. The number of aromatic amines is 1. The number of furan rings is 1. The van der Waals surface area contributed by atoms with Crippen molar-refractivity contribution in [3.63, 3.8) is 0 Å². The summed E-state index contributed by atoms with van der Waals surface area (Å²) in [7, 11) is 0. The molecule has 0 aliphatic heterocycles. The van der Waals surface area contributed by atoms with Gasteiger partial charge in [-0.05, 0) is 34.5 Å². The molecule has 0 atom stereocenters. The summed E-state index contributed by atoms with van der Waals surface area (Å²) in [5, 5.41) is 0. The van der Waals surface area contributed by atoms with Crippen LogP contribution in [0.3, 0.4) is 0 Å². The molecule has 2 rings (SSSR count). The molecule has 0 saturated heterocycles. The van der Waals surface area contributed by atoms with Crippen LogP contribution in [-0.4, -0.2) is 9.97 Å². The third kappa shape index (κ3) is 2.03. The van der Waals surface area contributed by atoms with Crippen LogP contribution in [0.25, 0.3) is 11.6 Å². The van der Waals surface area contributed by atoms with E-state index >= 15 is 0 Å². The lowest BCUT2D eigenvalue weighted by Gasteiger charge is -2.04. The highest BCUT2D eigenvalue weighted by atomic mass is 79.9. The molecular formula is C10H9BrN2OS. The molecule has 0 aliphatic carbocycles. The maximum absolute atomic E-state index is 5.26.